The van der Waals surface area contributed by atoms with Crippen LogP contribution in [0.4, 0.5) is 17.1 Å². The topological polar surface area (TPSA) is 16.4 Å². The molecule has 9 aromatic carbocycles. The van der Waals surface area contributed by atoms with Crippen LogP contribution in [0.25, 0.3) is 76.9 Å². The van der Waals surface area contributed by atoms with E-state index in [4.69, 9.17) is 4.42 Å². The maximum Gasteiger partial charge on any atom is 0.137 e. The van der Waals surface area contributed by atoms with Gasteiger partial charge in [0.15, 0.2) is 0 Å². The van der Waals surface area contributed by atoms with Gasteiger partial charge in [0.05, 0.1) is 0 Å². The largest absolute Gasteiger partial charge is 0.456 e. The molecule has 2 nitrogen and oxygen atoms in total. The van der Waals surface area contributed by atoms with E-state index in [9.17, 15) is 0 Å². The Morgan fingerprint density at radius 2 is 0.788 bits per heavy atom. The molecule has 0 N–H and O–H groups in total. The van der Waals surface area contributed by atoms with Gasteiger partial charge in [-0.25, -0.2) is 0 Å². The smallest absolute Gasteiger partial charge is 0.137 e. The molecule has 244 valence electrons. The monoisotopic (exact) mass is 663 g/mol. The van der Waals surface area contributed by atoms with E-state index in [0.717, 1.165) is 39.0 Å². The van der Waals surface area contributed by atoms with Crippen LogP contribution in [0.2, 0.25) is 0 Å². The van der Waals surface area contributed by atoms with Gasteiger partial charge >= 0.3 is 0 Å². The molecule has 0 saturated carbocycles. The molecular formula is C50H33NO. The first-order valence-electron chi connectivity index (χ1n) is 17.7. The quantitative estimate of drug-likeness (QED) is 0.176. The van der Waals surface area contributed by atoms with Crippen molar-refractivity contribution in [3.8, 4) is 33.4 Å². The van der Waals surface area contributed by atoms with Gasteiger partial charge in [0, 0.05) is 33.9 Å². The first-order valence-corrected chi connectivity index (χ1v) is 17.7. The molecule has 0 spiro atoms. The highest BCUT2D eigenvalue weighted by molar-refractivity contribution is 6.06. The van der Waals surface area contributed by atoms with Gasteiger partial charge in [-0.2, -0.15) is 0 Å². The summed E-state index contributed by atoms with van der Waals surface area (Å²) in [5, 5.41) is 7.14. The summed E-state index contributed by atoms with van der Waals surface area (Å²) in [6.07, 6.45) is 0. The Kier molecular flexibility index (Phi) is 7.18. The first-order chi connectivity index (χ1) is 25.7. The number of rotatable bonds is 6. The normalized spacial score (nSPS) is 11.5. The summed E-state index contributed by atoms with van der Waals surface area (Å²) in [6.45, 7) is 0. The number of anilines is 3. The molecule has 2 heteroatoms. The van der Waals surface area contributed by atoms with Gasteiger partial charge in [-0.1, -0.05) is 133 Å². The number of para-hydroxylation sites is 1. The van der Waals surface area contributed by atoms with Gasteiger partial charge in [-0.15, -0.1) is 0 Å². The number of nitrogens with zero attached hydrogens (tertiary/aromatic N) is 1. The van der Waals surface area contributed by atoms with Crippen LogP contribution in [0.1, 0.15) is 0 Å². The van der Waals surface area contributed by atoms with Gasteiger partial charge < -0.3 is 9.32 Å². The minimum atomic E-state index is 0.874. The van der Waals surface area contributed by atoms with Crippen molar-refractivity contribution in [1.29, 1.82) is 0 Å². The Balaban J connectivity index is 1.06. The number of benzene rings is 9. The Bertz CT molecular complexity index is 2920. The fourth-order valence-electron chi connectivity index (χ4n) is 7.56. The average molecular weight is 664 g/mol. The van der Waals surface area contributed by atoms with Crippen molar-refractivity contribution >= 4 is 60.5 Å². The van der Waals surface area contributed by atoms with E-state index >= 15 is 0 Å². The number of hydrogen-bond donors (Lipinski definition) is 0. The molecule has 0 aliphatic heterocycles. The Hall–Kier alpha value is -6.90. The summed E-state index contributed by atoms with van der Waals surface area (Å²) in [5.41, 5.74) is 12.2. The molecule has 0 aliphatic carbocycles. The fourth-order valence-corrected chi connectivity index (χ4v) is 7.56. The van der Waals surface area contributed by atoms with Crippen LogP contribution in [0.5, 0.6) is 0 Å². The third-order valence-corrected chi connectivity index (χ3v) is 10.2. The highest BCUT2D eigenvalue weighted by atomic mass is 16.3. The van der Waals surface area contributed by atoms with Crippen LogP contribution in [0, 0.1) is 0 Å². The summed E-state index contributed by atoms with van der Waals surface area (Å²) in [4.78, 5) is 2.33. The van der Waals surface area contributed by atoms with Crippen molar-refractivity contribution in [1.82, 2.24) is 0 Å². The van der Waals surface area contributed by atoms with Gasteiger partial charge in [-0.3, -0.25) is 0 Å². The van der Waals surface area contributed by atoms with Crippen molar-refractivity contribution in [3.05, 3.63) is 200 Å². The Morgan fingerprint density at radius 1 is 0.269 bits per heavy atom. The zero-order valence-electron chi connectivity index (χ0n) is 28.4. The minimum Gasteiger partial charge on any atom is -0.456 e. The molecule has 0 amide bonds. The summed E-state index contributed by atoms with van der Waals surface area (Å²) < 4.78 is 6.36. The van der Waals surface area contributed by atoms with E-state index < -0.39 is 0 Å². The third-order valence-electron chi connectivity index (χ3n) is 10.2. The summed E-state index contributed by atoms with van der Waals surface area (Å²) in [7, 11) is 0. The van der Waals surface area contributed by atoms with Crippen LogP contribution in [-0.4, -0.2) is 0 Å². The Morgan fingerprint density at radius 3 is 1.62 bits per heavy atom. The number of hydrogen-bond acceptors (Lipinski definition) is 2. The zero-order chi connectivity index (χ0) is 34.4. The lowest BCUT2D eigenvalue weighted by molar-refractivity contribution is 0.669. The van der Waals surface area contributed by atoms with E-state index in [1.54, 1.807) is 0 Å². The van der Waals surface area contributed by atoms with Crippen molar-refractivity contribution in [2.24, 2.45) is 0 Å². The second-order valence-corrected chi connectivity index (χ2v) is 13.4. The summed E-state index contributed by atoms with van der Waals surface area (Å²) in [6, 6.07) is 71.8. The van der Waals surface area contributed by atoms with Gasteiger partial charge in [0.25, 0.3) is 0 Å². The lowest BCUT2D eigenvalue weighted by atomic mass is 9.96. The predicted molar refractivity (Wildman–Crippen MR) is 220 cm³/mol. The van der Waals surface area contributed by atoms with E-state index in [0.29, 0.717) is 0 Å². The molecule has 0 aliphatic rings. The third kappa shape index (κ3) is 5.39. The van der Waals surface area contributed by atoms with Gasteiger partial charge in [0.2, 0.25) is 0 Å². The van der Waals surface area contributed by atoms with Crippen molar-refractivity contribution in [2.75, 3.05) is 4.90 Å². The molecule has 0 fully saturated rings. The van der Waals surface area contributed by atoms with Crippen molar-refractivity contribution in [2.45, 2.75) is 0 Å². The highest BCUT2D eigenvalue weighted by Crippen LogP contribution is 2.41. The maximum atomic E-state index is 6.36. The maximum absolute atomic E-state index is 6.36. The van der Waals surface area contributed by atoms with E-state index in [-0.39, 0.29) is 0 Å². The van der Waals surface area contributed by atoms with Crippen molar-refractivity contribution < 1.29 is 4.42 Å². The molecule has 0 saturated heterocycles. The minimum absolute atomic E-state index is 0.874. The molecule has 10 rings (SSSR count). The van der Waals surface area contributed by atoms with E-state index in [2.05, 4.69) is 193 Å². The van der Waals surface area contributed by atoms with Crippen LogP contribution in [-0.2, 0) is 0 Å². The average Bonchev–Trinajstić information content (AvgIpc) is 3.59. The molecule has 1 heterocycles. The predicted octanol–water partition coefficient (Wildman–Crippen LogP) is 14.4. The summed E-state index contributed by atoms with van der Waals surface area (Å²) >= 11 is 0. The first kappa shape index (κ1) is 30.0. The SMILES string of the molecule is c1ccc(-c2cccc(N(c3ccc4cc(-c5cccc(-c6ccc7ccccc7c6)c5)ccc4c3)c3ccc4c(c3)oc3ccccc34)c2)cc1. The molecule has 0 radical (unpaired) electrons. The lowest BCUT2D eigenvalue weighted by Gasteiger charge is -2.26. The lowest BCUT2D eigenvalue weighted by Crippen LogP contribution is -2.10. The molecule has 0 unspecified atom stereocenters. The van der Waals surface area contributed by atoms with Crippen LogP contribution in [0.3, 0.4) is 0 Å². The zero-order valence-corrected chi connectivity index (χ0v) is 28.4. The van der Waals surface area contributed by atoms with E-state index in [1.165, 1.54) is 54.9 Å². The highest BCUT2D eigenvalue weighted by Gasteiger charge is 2.17. The molecule has 10 aromatic rings. The molecule has 0 atom stereocenters. The standard InChI is InChI=1S/C50H33NO/c1-2-10-34(11-3-1)39-16-9-17-44(31-39)51(46-26-27-48-47-18-6-7-19-49(47)52-50(48)33-46)45-25-24-42-30-41(22-23-43(42)32-45)38-15-8-14-37(29-38)40-21-20-35-12-4-5-13-36(35)28-40/h1-33H. The molecule has 1 aromatic heterocycles. The molecule has 52 heavy (non-hydrogen) atoms. The van der Waals surface area contributed by atoms with Gasteiger partial charge in [-0.05, 0) is 116 Å². The van der Waals surface area contributed by atoms with Crippen LogP contribution < -0.4 is 4.90 Å². The number of fused-ring (bicyclic) bond motifs is 5. The van der Waals surface area contributed by atoms with Crippen molar-refractivity contribution in [3.63, 3.8) is 0 Å². The number of furan rings is 1. The van der Waals surface area contributed by atoms with E-state index in [1.807, 2.05) is 12.1 Å². The second kappa shape index (κ2) is 12.5. The van der Waals surface area contributed by atoms with Crippen LogP contribution in [0.15, 0.2) is 205 Å². The Labute approximate surface area is 302 Å². The summed E-state index contributed by atoms with van der Waals surface area (Å²) in [5.74, 6) is 0. The fraction of sp³-hybridized carbons (Fsp3) is 0. The second-order valence-electron chi connectivity index (χ2n) is 13.4. The van der Waals surface area contributed by atoms with Gasteiger partial charge in [0.1, 0.15) is 11.2 Å². The van der Waals surface area contributed by atoms with Crippen LogP contribution >= 0.6 is 0 Å². The molecule has 0 bridgehead atoms. The molecular weight excluding hydrogens is 631 g/mol.